The Morgan fingerprint density at radius 3 is 2.63 bits per heavy atom. The van der Waals surface area contributed by atoms with E-state index in [1.807, 2.05) is 13.0 Å². The zero-order valence-electron chi connectivity index (χ0n) is 10.9. The summed E-state index contributed by atoms with van der Waals surface area (Å²) in [4.78, 5) is 4.21. The smallest absolute Gasteiger partial charge is 0.240 e. The monoisotopic (exact) mass is 327 g/mol. The van der Waals surface area contributed by atoms with E-state index in [2.05, 4.69) is 26.1 Å². The van der Waals surface area contributed by atoms with E-state index in [1.54, 1.807) is 14.2 Å². The Kier molecular flexibility index (Phi) is 4.06. The maximum atomic E-state index is 5.47. The molecular weight excluding hydrogens is 314 g/mol. The highest BCUT2D eigenvalue weighted by Gasteiger charge is 2.21. The highest BCUT2D eigenvalue weighted by Crippen LogP contribution is 2.43. The van der Waals surface area contributed by atoms with E-state index in [1.165, 1.54) is 0 Å². The van der Waals surface area contributed by atoms with Gasteiger partial charge in [0.2, 0.25) is 11.7 Å². The van der Waals surface area contributed by atoms with E-state index in [0.717, 1.165) is 10.0 Å². The predicted octanol–water partition coefficient (Wildman–Crippen LogP) is 2.28. The first-order valence-electron chi connectivity index (χ1n) is 5.56. The van der Waals surface area contributed by atoms with Gasteiger partial charge in [0, 0.05) is 0 Å². The lowest BCUT2D eigenvalue weighted by atomic mass is 10.1. The van der Waals surface area contributed by atoms with Gasteiger partial charge in [0.15, 0.2) is 0 Å². The van der Waals surface area contributed by atoms with Gasteiger partial charge in [0.05, 0.1) is 30.8 Å². The second-order valence-corrected chi connectivity index (χ2v) is 4.63. The van der Waals surface area contributed by atoms with Crippen LogP contribution in [0.1, 0.15) is 11.5 Å². The topological polar surface area (TPSA) is 83.4 Å². The van der Waals surface area contributed by atoms with Crippen molar-refractivity contribution in [3.05, 3.63) is 22.0 Å². The third-order valence-electron chi connectivity index (χ3n) is 2.66. The minimum atomic E-state index is 0.190. The van der Waals surface area contributed by atoms with Crippen molar-refractivity contribution in [2.45, 2.75) is 13.5 Å². The van der Waals surface area contributed by atoms with Crippen molar-refractivity contribution in [2.75, 3.05) is 14.2 Å². The number of ether oxygens (including phenoxy) is 2. The van der Waals surface area contributed by atoms with Gasteiger partial charge in [-0.1, -0.05) is 5.16 Å². The first-order chi connectivity index (χ1) is 9.12. The molecule has 1 heterocycles. The summed E-state index contributed by atoms with van der Waals surface area (Å²) in [5.41, 5.74) is 7.08. The fourth-order valence-electron chi connectivity index (χ4n) is 1.79. The van der Waals surface area contributed by atoms with Crippen LogP contribution >= 0.6 is 15.9 Å². The molecule has 0 radical (unpaired) electrons. The number of rotatable bonds is 4. The van der Waals surface area contributed by atoms with Crippen molar-refractivity contribution in [1.82, 2.24) is 10.1 Å². The molecule has 0 amide bonds. The molecule has 2 aromatic rings. The number of benzene rings is 1. The van der Waals surface area contributed by atoms with Crippen LogP contribution in [0.15, 0.2) is 15.1 Å². The van der Waals surface area contributed by atoms with E-state index in [9.17, 15) is 0 Å². The summed E-state index contributed by atoms with van der Waals surface area (Å²) in [6.45, 7) is 2.12. The number of nitrogens with zero attached hydrogens (tertiary/aromatic N) is 2. The highest BCUT2D eigenvalue weighted by atomic mass is 79.9. The number of methoxy groups -OCH3 is 2. The Bertz CT molecular complexity index is 598. The van der Waals surface area contributed by atoms with Gasteiger partial charge >= 0.3 is 0 Å². The lowest BCUT2D eigenvalue weighted by molar-refractivity contribution is 0.379. The zero-order chi connectivity index (χ0) is 14.0. The molecule has 0 aliphatic carbocycles. The van der Waals surface area contributed by atoms with Crippen molar-refractivity contribution in [2.24, 2.45) is 5.73 Å². The van der Waals surface area contributed by atoms with Crippen LogP contribution < -0.4 is 15.2 Å². The lowest BCUT2D eigenvalue weighted by Gasteiger charge is -2.13. The number of nitrogens with two attached hydrogens (primary N) is 1. The van der Waals surface area contributed by atoms with Crippen LogP contribution in [-0.4, -0.2) is 24.4 Å². The maximum absolute atomic E-state index is 5.47. The number of hydrogen-bond acceptors (Lipinski definition) is 6. The van der Waals surface area contributed by atoms with E-state index in [0.29, 0.717) is 28.8 Å². The van der Waals surface area contributed by atoms with Gasteiger partial charge in [0.1, 0.15) is 11.5 Å². The molecule has 0 aliphatic rings. The van der Waals surface area contributed by atoms with E-state index < -0.39 is 0 Å². The third kappa shape index (κ3) is 2.43. The number of halogens is 1. The minimum absolute atomic E-state index is 0.190. The maximum Gasteiger partial charge on any atom is 0.240 e. The molecule has 2 N–H and O–H groups in total. The second-order valence-electron chi connectivity index (χ2n) is 3.83. The predicted molar refractivity (Wildman–Crippen MR) is 73.2 cm³/mol. The van der Waals surface area contributed by atoms with Crippen LogP contribution in [0.5, 0.6) is 11.5 Å². The molecule has 1 aromatic heterocycles. The Balaban J connectivity index is 2.66. The molecule has 0 unspecified atom stereocenters. The molecular formula is C12H14BrN3O3. The summed E-state index contributed by atoms with van der Waals surface area (Å²) in [5.74, 6) is 2.11. The summed E-state index contributed by atoms with van der Waals surface area (Å²) >= 11 is 3.49. The first kappa shape index (κ1) is 13.8. The molecule has 2 rings (SSSR count). The molecule has 0 bridgehead atoms. The summed E-state index contributed by atoms with van der Waals surface area (Å²) in [5, 5.41) is 3.90. The Labute approximate surface area is 119 Å². The molecule has 19 heavy (non-hydrogen) atoms. The Morgan fingerprint density at radius 1 is 1.37 bits per heavy atom. The van der Waals surface area contributed by atoms with Crippen LogP contribution in [0.4, 0.5) is 0 Å². The van der Waals surface area contributed by atoms with Crippen molar-refractivity contribution in [3.63, 3.8) is 0 Å². The lowest BCUT2D eigenvalue weighted by Crippen LogP contribution is -1.98. The summed E-state index contributed by atoms with van der Waals surface area (Å²) in [6, 6.07) is 1.86. The largest absolute Gasteiger partial charge is 0.496 e. The number of hydrogen-bond donors (Lipinski definition) is 1. The van der Waals surface area contributed by atoms with Gasteiger partial charge in [-0.2, -0.15) is 4.98 Å². The third-order valence-corrected chi connectivity index (χ3v) is 3.42. The van der Waals surface area contributed by atoms with Crippen molar-refractivity contribution >= 4 is 15.9 Å². The quantitative estimate of drug-likeness (QED) is 0.927. The molecule has 7 heteroatoms. The average Bonchev–Trinajstić information content (AvgIpc) is 2.86. The fourth-order valence-corrected chi connectivity index (χ4v) is 2.64. The van der Waals surface area contributed by atoms with Crippen LogP contribution in [0.25, 0.3) is 11.4 Å². The standard InChI is InChI=1S/C12H14BrN3O3/c1-6-4-7(17-2)9(10(13)11(6)18-3)12-15-8(5-14)19-16-12/h4H,5,14H2,1-3H3. The Morgan fingerprint density at radius 2 is 2.11 bits per heavy atom. The van der Waals surface area contributed by atoms with E-state index in [-0.39, 0.29) is 6.54 Å². The SMILES string of the molecule is COc1cc(C)c(OC)c(Br)c1-c1noc(CN)n1. The van der Waals surface area contributed by atoms with Crippen molar-refractivity contribution in [3.8, 4) is 22.9 Å². The van der Waals surface area contributed by atoms with Gasteiger partial charge in [-0.25, -0.2) is 0 Å². The van der Waals surface area contributed by atoms with Gasteiger partial charge in [-0.3, -0.25) is 0 Å². The molecule has 0 saturated heterocycles. The van der Waals surface area contributed by atoms with Crippen LogP contribution in [0, 0.1) is 6.92 Å². The van der Waals surface area contributed by atoms with Crippen molar-refractivity contribution < 1.29 is 14.0 Å². The molecule has 0 saturated carbocycles. The fraction of sp³-hybridized carbons (Fsp3) is 0.333. The zero-order valence-corrected chi connectivity index (χ0v) is 12.4. The van der Waals surface area contributed by atoms with E-state index >= 15 is 0 Å². The summed E-state index contributed by atoms with van der Waals surface area (Å²) in [7, 11) is 3.19. The Hall–Kier alpha value is -1.60. The molecule has 6 nitrogen and oxygen atoms in total. The van der Waals surface area contributed by atoms with Gasteiger partial charge in [0.25, 0.3) is 0 Å². The molecule has 1 aromatic carbocycles. The van der Waals surface area contributed by atoms with Gasteiger partial charge in [-0.05, 0) is 34.5 Å². The molecule has 0 spiro atoms. The van der Waals surface area contributed by atoms with Crippen LogP contribution in [-0.2, 0) is 6.54 Å². The molecule has 102 valence electrons. The molecule has 0 fully saturated rings. The van der Waals surface area contributed by atoms with Crippen LogP contribution in [0.2, 0.25) is 0 Å². The van der Waals surface area contributed by atoms with Crippen LogP contribution in [0.3, 0.4) is 0 Å². The average molecular weight is 328 g/mol. The highest BCUT2D eigenvalue weighted by molar-refractivity contribution is 9.10. The molecule has 0 aliphatic heterocycles. The second kappa shape index (κ2) is 5.58. The van der Waals surface area contributed by atoms with Gasteiger partial charge in [-0.15, -0.1) is 0 Å². The minimum Gasteiger partial charge on any atom is -0.496 e. The number of aromatic nitrogens is 2. The van der Waals surface area contributed by atoms with E-state index in [4.69, 9.17) is 19.7 Å². The van der Waals surface area contributed by atoms with Crippen molar-refractivity contribution in [1.29, 1.82) is 0 Å². The van der Waals surface area contributed by atoms with Gasteiger partial charge < -0.3 is 19.7 Å². The number of aryl methyl sites for hydroxylation is 1. The summed E-state index contributed by atoms with van der Waals surface area (Å²) < 4.78 is 16.5. The first-order valence-corrected chi connectivity index (χ1v) is 6.35. The normalized spacial score (nSPS) is 10.6. The summed E-state index contributed by atoms with van der Waals surface area (Å²) in [6.07, 6.45) is 0. The molecule has 0 atom stereocenters.